The Bertz CT molecular complexity index is 959. The average molecular weight is 398 g/mol. The Morgan fingerprint density at radius 3 is 2.57 bits per heavy atom. The lowest BCUT2D eigenvalue weighted by Gasteiger charge is -2.25. The normalized spacial score (nSPS) is 19.2. The minimum Gasteiger partial charge on any atom is -0.318 e. The van der Waals surface area contributed by atoms with Crippen molar-refractivity contribution >= 4 is 35.5 Å². The molecule has 6 nitrogen and oxygen atoms in total. The van der Waals surface area contributed by atoms with Crippen molar-refractivity contribution in [1.82, 2.24) is 15.8 Å². The van der Waals surface area contributed by atoms with Crippen LogP contribution in [0.4, 0.5) is 4.79 Å². The number of carbonyl (C=O) groups is 3. The Hall–Kier alpha value is -3.12. The van der Waals surface area contributed by atoms with Crippen LogP contribution >= 0.6 is 11.6 Å². The third-order valence-corrected chi connectivity index (χ3v) is 5.14. The van der Waals surface area contributed by atoms with E-state index in [1.807, 2.05) is 25.1 Å². The van der Waals surface area contributed by atoms with Crippen LogP contribution in [0.5, 0.6) is 0 Å². The maximum Gasteiger partial charge on any atom is 0.344 e. The molecule has 0 spiro atoms. The Balaban J connectivity index is 1.76. The van der Waals surface area contributed by atoms with Crippen molar-refractivity contribution in [2.75, 3.05) is 0 Å². The number of hydrogen-bond acceptors (Lipinski definition) is 3. The van der Waals surface area contributed by atoms with Crippen molar-refractivity contribution in [2.24, 2.45) is 0 Å². The van der Waals surface area contributed by atoms with Gasteiger partial charge in [0.2, 0.25) is 0 Å². The molecule has 0 aliphatic carbocycles. The van der Waals surface area contributed by atoms with Gasteiger partial charge in [-0.1, -0.05) is 61.0 Å². The lowest BCUT2D eigenvalue weighted by Crippen LogP contribution is -2.48. The third-order valence-electron chi connectivity index (χ3n) is 4.73. The first-order valence-corrected chi connectivity index (χ1v) is 9.22. The molecule has 0 aromatic heterocycles. The fraction of sp³-hybridized carbons (Fsp3) is 0.190. The van der Waals surface area contributed by atoms with Gasteiger partial charge in [0, 0.05) is 11.1 Å². The molecule has 1 atom stereocenters. The van der Waals surface area contributed by atoms with Gasteiger partial charge < -0.3 is 5.32 Å². The molecule has 2 aromatic carbocycles. The van der Waals surface area contributed by atoms with Crippen molar-refractivity contribution in [3.63, 3.8) is 0 Å². The Morgan fingerprint density at radius 2 is 1.93 bits per heavy atom. The molecule has 28 heavy (non-hydrogen) atoms. The molecule has 1 fully saturated rings. The van der Waals surface area contributed by atoms with Gasteiger partial charge in [0.05, 0.1) is 0 Å². The van der Waals surface area contributed by atoms with Crippen LogP contribution < -0.4 is 10.7 Å². The van der Waals surface area contributed by atoms with Crippen LogP contribution in [0.1, 0.15) is 30.0 Å². The quantitative estimate of drug-likeness (QED) is 0.598. The minimum absolute atomic E-state index is 0.353. The van der Waals surface area contributed by atoms with Crippen LogP contribution in [0, 0.1) is 6.92 Å². The van der Waals surface area contributed by atoms with Crippen LogP contribution in [-0.4, -0.2) is 22.9 Å². The summed E-state index contributed by atoms with van der Waals surface area (Å²) in [5.74, 6) is -1.12. The number of benzene rings is 2. The van der Waals surface area contributed by atoms with Crippen LogP contribution in [0.2, 0.25) is 5.02 Å². The zero-order chi connectivity index (χ0) is 20.3. The Kier molecular flexibility index (Phi) is 5.51. The number of carbonyl (C=O) groups excluding carboxylic acids is 3. The second-order valence-corrected chi connectivity index (χ2v) is 6.92. The largest absolute Gasteiger partial charge is 0.344 e. The molecule has 0 unspecified atom stereocenters. The molecule has 2 aromatic rings. The van der Waals surface area contributed by atoms with Gasteiger partial charge in [0.25, 0.3) is 11.8 Å². The number of amides is 4. The summed E-state index contributed by atoms with van der Waals surface area (Å²) in [5.41, 5.74) is 3.48. The first-order chi connectivity index (χ1) is 13.4. The highest BCUT2D eigenvalue weighted by molar-refractivity contribution is 6.31. The van der Waals surface area contributed by atoms with Crippen LogP contribution in [-0.2, 0) is 15.1 Å². The van der Waals surface area contributed by atoms with Crippen molar-refractivity contribution in [2.45, 2.75) is 25.8 Å². The molecule has 0 radical (unpaired) electrons. The molecule has 144 valence electrons. The number of rotatable bonds is 5. The topological polar surface area (TPSA) is 78.5 Å². The number of imide groups is 1. The van der Waals surface area contributed by atoms with Gasteiger partial charge in [-0.25, -0.2) is 4.79 Å². The van der Waals surface area contributed by atoms with Crippen molar-refractivity contribution in [3.8, 4) is 0 Å². The molecule has 1 aliphatic heterocycles. The van der Waals surface area contributed by atoms with Gasteiger partial charge in [-0.15, -0.1) is 0 Å². The van der Waals surface area contributed by atoms with Gasteiger partial charge in [-0.05, 0) is 42.2 Å². The highest BCUT2D eigenvalue weighted by atomic mass is 35.5. The van der Waals surface area contributed by atoms with Gasteiger partial charge >= 0.3 is 6.03 Å². The maximum absolute atomic E-state index is 12.9. The third kappa shape index (κ3) is 3.64. The van der Waals surface area contributed by atoms with E-state index in [4.69, 9.17) is 11.6 Å². The summed E-state index contributed by atoms with van der Waals surface area (Å²) in [6.07, 6.45) is 3.16. The van der Waals surface area contributed by atoms with E-state index in [9.17, 15) is 14.4 Å². The molecule has 7 heteroatoms. The first kappa shape index (κ1) is 19.6. The Morgan fingerprint density at radius 1 is 1.21 bits per heavy atom. The van der Waals surface area contributed by atoms with Crippen molar-refractivity contribution in [3.05, 3.63) is 76.3 Å². The molecule has 0 bridgehead atoms. The smallest absolute Gasteiger partial charge is 0.318 e. The van der Waals surface area contributed by atoms with Crippen molar-refractivity contribution in [1.29, 1.82) is 0 Å². The van der Waals surface area contributed by atoms with Crippen LogP contribution in [0.3, 0.4) is 0 Å². The summed E-state index contributed by atoms with van der Waals surface area (Å²) in [5, 5.41) is 4.02. The lowest BCUT2D eigenvalue weighted by atomic mass is 9.87. The second-order valence-electron chi connectivity index (χ2n) is 6.51. The number of nitrogens with one attached hydrogen (secondary N) is 2. The van der Waals surface area contributed by atoms with Crippen LogP contribution in [0.15, 0.2) is 54.6 Å². The second kappa shape index (κ2) is 7.86. The summed E-state index contributed by atoms with van der Waals surface area (Å²) in [4.78, 5) is 37.6. The molecule has 0 saturated carbocycles. The van der Waals surface area contributed by atoms with Gasteiger partial charge in [-0.2, -0.15) is 5.01 Å². The predicted octanol–water partition coefficient (Wildman–Crippen LogP) is 3.55. The number of urea groups is 1. The SMILES string of the molecule is CC[C@@]1(c2ccccc2)NC(=O)N(NC(=O)/C=C/c2ccc(C)c(Cl)c2)C1=O. The lowest BCUT2D eigenvalue weighted by molar-refractivity contribution is -0.138. The van der Waals surface area contributed by atoms with Gasteiger partial charge in [-0.3, -0.25) is 15.0 Å². The summed E-state index contributed by atoms with van der Waals surface area (Å²) < 4.78 is 0. The number of halogens is 1. The summed E-state index contributed by atoms with van der Waals surface area (Å²) in [6, 6.07) is 13.7. The molecule has 1 heterocycles. The van der Waals surface area contributed by atoms with E-state index in [1.165, 1.54) is 6.08 Å². The monoisotopic (exact) mass is 397 g/mol. The van der Waals surface area contributed by atoms with E-state index in [2.05, 4.69) is 10.7 Å². The Labute approximate surface area is 168 Å². The first-order valence-electron chi connectivity index (χ1n) is 8.84. The summed E-state index contributed by atoms with van der Waals surface area (Å²) in [7, 11) is 0. The molecular formula is C21H20ClN3O3. The molecular weight excluding hydrogens is 378 g/mol. The summed E-state index contributed by atoms with van der Waals surface area (Å²) >= 11 is 6.07. The highest BCUT2D eigenvalue weighted by Crippen LogP contribution is 2.31. The number of hydrogen-bond donors (Lipinski definition) is 2. The zero-order valence-electron chi connectivity index (χ0n) is 15.5. The highest BCUT2D eigenvalue weighted by Gasteiger charge is 2.52. The van der Waals surface area contributed by atoms with E-state index in [0.717, 1.165) is 16.1 Å². The number of aryl methyl sites for hydroxylation is 1. The van der Waals surface area contributed by atoms with E-state index in [-0.39, 0.29) is 0 Å². The van der Waals surface area contributed by atoms with Crippen molar-refractivity contribution < 1.29 is 14.4 Å². The number of nitrogens with zero attached hydrogens (tertiary/aromatic N) is 1. The molecule has 1 saturated heterocycles. The molecule has 2 N–H and O–H groups in total. The van der Waals surface area contributed by atoms with E-state index in [1.54, 1.807) is 43.3 Å². The van der Waals surface area contributed by atoms with Crippen LogP contribution in [0.25, 0.3) is 6.08 Å². The summed E-state index contributed by atoms with van der Waals surface area (Å²) in [6.45, 7) is 3.68. The zero-order valence-corrected chi connectivity index (χ0v) is 16.3. The molecule has 4 amide bonds. The standard InChI is InChI=1S/C21H20ClN3O3/c1-3-21(16-7-5-4-6-8-16)19(27)25(20(28)23-21)24-18(26)12-11-15-10-9-14(2)17(22)13-15/h4-13H,3H2,1-2H3,(H,23,28)(H,24,26)/b12-11+/t21-/m0/s1. The predicted molar refractivity (Wildman–Crippen MR) is 107 cm³/mol. The van der Waals surface area contributed by atoms with E-state index >= 15 is 0 Å². The number of hydrazine groups is 1. The maximum atomic E-state index is 12.9. The molecule has 3 rings (SSSR count). The average Bonchev–Trinajstić information content (AvgIpc) is 2.94. The fourth-order valence-corrected chi connectivity index (χ4v) is 3.26. The fourth-order valence-electron chi connectivity index (χ4n) is 3.07. The van der Waals surface area contributed by atoms with E-state index in [0.29, 0.717) is 17.0 Å². The minimum atomic E-state index is -1.19. The van der Waals surface area contributed by atoms with Gasteiger partial charge in [0.1, 0.15) is 5.54 Å². The van der Waals surface area contributed by atoms with E-state index < -0.39 is 23.4 Å². The van der Waals surface area contributed by atoms with Gasteiger partial charge in [0.15, 0.2) is 0 Å². The molecule has 1 aliphatic rings.